The van der Waals surface area contributed by atoms with E-state index in [0.717, 1.165) is 5.69 Å². The third kappa shape index (κ3) is 4.29. The van der Waals surface area contributed by atoms with Gasteiger partial charge in [0.2, 0.25) is 0 Å². The molecule has 0 aromatic heterocycles. The van der Waals surface area contributed by atoms with Crippen molar-refractivity contribution in [1.82, 2.24) is 5.43 Å². The first kappa shape index (κ1) is 15.0. The number of rotatable bonds is 3. The largest absolute Gasteiger partial charge is 0.507 e. The summed E-state index contributed by atoms with van der Waals surface area (Å²) in [4.78, 5) is 0. The van der Waals surface area contributed by atoms with E-state index in [-0.39, 0.29) is 5.75 Å². The summed E-state index contributed by atoms with van der Waals surface area (Å²) in [7, 11) is 0. The maximum absolute atomic E-state index is 9.75. The van der Waals surface area contributed by atoms with Crippen molar-refractivity contribution >= 4 is 28.7 Å². The van der Waals surface area contributed by atoms with Gasteiger partial charge in [0.25, 0.3) is 0 Å². The zero-order valence-electron chi connectivity index (χ0n) is 11.9. The lowest BCUT2D eigenvalue weighted by Crippen LogP contribution is -2.24. The van der Waals surface area contributed by atoms with Crippen LogP contribution in [0.5, 0.6) is 5.75 Å². The number of hydrogen-bond donors (Lipinski definition) is 3. The summed E-state index contributed by atoms with van der Waals surface area (Å²) in [6, 6.07) is 14.9. The second-order valence-corrected chi connectivity index (χ2v) is 5.05. The summed E-state index contributed by atoms with van der Waals surface area (Å²) in [5.41, 5.74) is 6.18. The Balaban J connectivity index is 1.98. The highest BCUT2D eigenvalue weighted by Crippen LogP contribution is 2.16. The Bertz CT molecular complexity index is 665. The van der Waals surface area contributed by atoms with Crippen LogP contribution in [0.3, 0.4) is 0 Å². The number of phenols is 1. The van der Waals surface area contributed by atoms with E-state index in [2.05, 4.69) is 15.8 Å². The fraction of sp³-hybridized carbons (Fsp3) is 0.125. The van der Waals surface area contributed by atoms with Gasteiger partial charge in [0, 0.05) is 11.3 Å². The van der Waals surface area contributed by atoms with E-state index in [0.29, 0.717) is 16.4 Å². The average molecular weight is 299 g/mol. The minimum absolute atomic E-state index is 0.193. The zero-order valence-corrected chi connectivity index (χ0v) is 12.7. The van der Waals surface area contributed by atoms with Crippen molar-refractivity contribution in [2.75, 3.05) is 5.32 Å². The highest BCUT2D eigenvalue weighted by molar-refractivity contribution is 7.80. The van der Waals surface area contributed by atoms with Crippen LogP contribution in [0.2, 0.25) is 0 Å². The number of aryl methyl sites for hydroxylation is 1. The maximum atomic E-state index is 9.75. The van der Waals surface area contributed by atoms with Gasteiger partial charge >= 0.3 is 0 Å². The number of benzene rings is 2. The number of hydrogen-bond acceptors (Lipinski definition) is 3. The van der Waals surface area contributed by atoms with Crippen molar-refractivity contribution in [3.05, 3.63) is 59.7 Å². The van der Waals surface area contributed by atoms with Gasteiger partial charge in [-0.25, -0.2) is 0 Å². The lowest BCUT2D eigenvalue weighted by molar-refractivity contribution is 0.474. The number of nitrogens with one attached hydrogen (secondary N) is 2. The smallest absolute Gasteiger partial charge is 0.191 e. The number of para-hydroxylation sites is 1. The topological polar surface area (TPSA) is 56.7 Å². The van der Waals surface area contributed by atoms with Gasteiger partial charge in [-0.3, -0.25) is 5.43 Å². The standard InChI is InChI=1S/C16H17N3OS/c1-11-7-9-13(10-8-11)17-16(21)19-18-12(2)14-5-3-4-6-15(14)20/h3-10,20H,1-2H3,(H2,17,19,21)/b18-12+. The molecule has 0 spiro atoms. The van der Waals surface area contributed by atoms with Gasteiger partial charge in [0.05, 0.1) is 5.71 Å². The molecular formula is C16H17N3OS. The second kappa shape index (κ2) is 6.85. The summed E-state index contributed by atoms with van der Waals surface area (Å²) in [5.74, 6) is 0.193. The van der Waals surface area contributed by atoms with Crippen LogP contribution < -0.4 is 10.7 Å². The molecule has 5 heteroatoms. The van der Waals surface area contributed by atoms with Crippen molar-refractivity contribution in [1.29, 1.82) is 0 Å². The van der Waals surface area contributed by atoms with Crippen LogP contribution in [-0.2, 0) is 0 Å². The molecule has 2 aromatic carbocycles. The van der Waals surface area contributed by atoms with Gasteiger partial charge in [0.15, 0.2) is 5.11 Å². The third-order valence-electron chi connectivity index (χ3n) is 2.93. The fourth-order valence-corrected chi connectivity index (χ4v) is 1.93. The zero-order chi connectivity index (χ0) is 15.2. The molecule has 0 heterocycles. The van der Waals surface area contributed by atoms with Crippen molar-refractivity contribution in [2.45, 2.75) is 13.8 Å². The number of phenolic OH excluding ortho intramolecular Hbond substituents is 1. The summed E-state index contributed by atoms with van der Waals surface area (Å²) in [5, 5.41) is 17.4. The number of anilines is 1. The first-order chi connectivity index (χ1) is 10.1. The molecule has 21 heavy (non-hydrogen) atoms. The molecule has 2 aromatic rings. The highest BCUT2D eigenvalue weighted by Gasteiger charge is 2.03. The van der Waals surface area contributed by atoms with E-state index >= 15 is 0 Å². The van der Waals surface area contributed by atoms with Crippen LogP contribution in [0.4, 0.5) is 5.69 Å². The first-order valence-electron chi connectivity index (χ1n) is 6.52. The van der Waals surface area contributed by atoms with Crippen LogP contribution in [0.25, 0.3) is 0 Å². The van der Waals surface area contributed by atoms with E-state index in [1.165, 1.54) is 5.56 Å². The molecule has 2 rings (SSSR count). The predicted octanol–water partition coefficient (Wildman–Crippen LogP) is 3.41. The molecular weight excluding hydrogens is 282 g/mol. The average Bonchev–Trinajstić information content (AvgIpc) is 2.48. The van der Waals surface area contributed by atoms with E-state index < -0.39 is 0 Å². The Morgan fingerprint density at radius 2 is 1.76 bits per heavy atom. The van der Waals surface area contributed by atoms with Crippen LogP contribution in [0.1, 0.15) is 18.1 Å². The molecule has 0 radical (unpaired) electrons. The number of thiocarbonyl (C=S) groups is 1. The molecule has 0 aliphatic heterocycles. The van der Waals surface area contributed by atoms with Crippen LogP contribution in [-0.4, -0.2) is 15.9 Å². The summed E-state index contributed by atoms with van der Waals surface area (Å²) >= 11 is 5.18. The molecule has 0 fully saturated rings. The van der Waals surface area contributed by atoms with Crippen LogP contribution >= 0.6 is 12.2 Å². The Kier molecular flexibility index (Phi) is 4.90. The number of hydrazone groups is 1. The lowest BCUT2D eigenvalue weighted by Gasteiger charge is -2.09. The van der Waals surface area contributed by atoms with Crippen molar-refractivity contribution < 1.29 is 5.11 Å². The minimum atomic E-state index is 0.193. The molecule has 0 atom stereocenters. The van der Waals surface area contributed by atoms with Gasteiger partial charge in [-0.05, 0) is 50.3 Å². The number of aromatic hydroxyl groups is 1. The van der Waals surface area contributed by atoms with Crippen molar-refractivity contribution in [2.24, 2.45) is 5.10 Å². The molecule has 0 aliphatic carbocycles. The Morgan fingerprint density at radius 3 is 2.43 bits per heavy atom. The predicted molar refractivity (Wildman–Crippen MR) is 90.9 cm³/mol. The Labute approximate surface area is 129 Å². The van der Waals surface area contributed by atoms with Crippen LogP contribution in [0.15, 0.2) is 53.6 Å². The van der Waals surface area contributed by atoms with Crippen molar-refractivity contribution in [3.63, 3.8) is 0 Å². The van der Waals surface area contributed by atoms with Gasteiger partial charge < -0.3 is 10.4 Å². The lowest BCUT2D eigenvalue weighted by atomic mass is 10.1. The fourth-order valence-electron chi connectivity index (χ4n) is 1.77. The van der Waals surface area contributed by atoms with Gasteiger partial charge in [-0.1, -0.05) is 29.8 Å². The minimum Gasteiger partial charge on any atom is -0.507 e. The van der Waals surface area contributed by atoms with E-state index in [1.807, 2.05) is 37.3 Å². The molecule has 0 bridgehead atoms. The first-order valence-corrected chi connectivity index (χ1v) is 6.93. The molecule has 0 aliphatic rings. The monoisotopic (exact) mass is 299 g/mol. The molecule has 0 saturated carbocycles. The molecule has 108 valence electrons. The normalized spacial score (nSPS) is 11.0. The van der Waals surface area contributed by atoms with Gasteiger partial charge in [-0.15, -0.1) is 0 Å². The van der Waals surface area contributed by atoms with E-state index in [1.54, 1.807) is 25.1 Å². The molecule has 4 nitrogen and oxygen atoms in total. The third-order valence-corrected chi connectivity index (χ3v) is 3.12. The number of nitrogens with zero attached hydrogens (tertiary/aromatic N) is 1. The highest BCUT2D eigenvalue weighted by atomic mass is 32.1. The molecule has 3 N–H and O–H groups in total. The quantitative estimate of drug-likeness (QED) is 0.462. The molecule has 0 amide bonds. The summed E-state index contributed by atoms with van der Waals surface area (Å²) in [6.07, 6.45) is 0. The van der Waals surface area contributed by atoms with Gasteiger partial charge in [0.1, 0.15) is 5.75 Å². The van der Waals surface area contributed by atoms with Crippen LogP contribution in [0, 0.1) is 6.92 Å². The molecule has 0 saturated heterocycles. The summed E-state index contributed by atoms with van der Waals surface area (Å²) < 4.78 is 0. The Hall–Kier alpha value is -2.40. The second-order valence-electron chi connectivity index (χ2n) is 4.65. The van der Waals surface area contributed by atoms with E-state index in [9.17, 15) is 5.11 Å². The van der Waals surface area contributed by atoms with Gasteiger partial charge in [-0.2, -0.15) is 5.10 Å². The maximum Gasteiger partial charge on any atom is 0.191 e. The summed E-state index contributed by atoms with van der Waals surface area (Å²) in [6.45, 7) is 3.83. The Morgan fingerprint density at radius 1 is 1.10 bits per heavy atom. The van der Waals surface area contributed by atoms with Crippen molar-refractivity contribution in [3.8, 4) is 5.75 Å². The molecule has 0 unspecified atom stereocenters. The van der Waals surface area contributed by atoms with E-state index in [4.69, 9.17) is 12.2 Å². The SMILES string of the molecule is C/C(=N\NC(=S)Nc1ccc(C)cc1)c1ccccc1O.